The van der Waals surface area contributed by atoms with Gasteiger partial charge in [-0.15, -0.1) is 0 Å². The van der Waals surface area contributed by atoms with Crippen molar-refractivity contribution in [1.29, 1.82) is 0 Å². The summed E-state index contributed by atoms with van der Waals surface area (Å²) in [5, 5.41) is 0. The predicted octanol–water partition coefficient (Wildman–Crippen LogP) is 3.95. The van der Waals surface area contributed by atoms with E-state index in [1.807, 2.05) is 31.2 Å². The van der Waals surface area contributed by atoms with Crippen LogP contribution < -0.4 is 0 Å². The number of hydrogen-bond acceptors (Lipinski definition) is 4. The summed E-state index contributed by atoms with van der Waals surface area (Å²) < 4.78 is 5.34. The van der Waals surface area contributed by atoms with E-state index in [0.717, 1.165) is 22.5 Å². The number of halogens is 1. The molecule has 3 nitrogen and oxygen atoms in total. The van der Waals surface area contributed by atoms with E-state index in [1.54, 1.807) is 6.92 Å². The van der Waals surface area contributed by atoms with Gasteiger partial charge in [-0.1, -0.05) is 52.8 Å². The van der Waals surface area contributed by atoms with Crippen LogP contribution in [0.1, 0.15) is 22.2 Å². The Bertz CT molecular complexity index is 563. The third-order valence-corrected chi connectivity index (χ3v) is 3.53. The zero-order valence-electron chi connectivity index (χ0n) is 10.1. The lowest BCUT2D eigenvalue weighted by Gasteiger charge is -2.02. The van der Waals surface area contributed by atoms with Gasteiger partial charge in [0.1, 0.15) is 4.88 Å². The van der Waals surface area contributed by atoms with Gasteiger partial charge >= 0.3 is 5.97 Å². The van der Waals surface area contributed by atoms with E-state index in [1.165, 1.54) is 0 Å². The molecule has 0 bridgehead atoms. The van der Waals surface area contributed by atoms with Gasteiger partial charge in [-0.2, -0.15) is 0 Å². The van der Waals surface area contributed by atoms with Gasteiger partial charge < -0.3 is 4.74 Å². The standard InChI is InChI=1S/C13H12ClNO2S/c1-3-17-12(16)11-10(15-13(14)18-11)9-6-4-8(2)5-7-9/h4-7H,3H2,1-2H3. The van der Waals surface area contributed by atoms with E-state index in [0.29, 0.717) is 21.6 Å². The van der Waals surface area contributed by atoms with Crippen LogP contribution in [0.25, 0.3) is 11.3 Å². The maximum Gasteiger partial charge on any atom is 0.350 e. The number of carbonyl (C=O) groups is 1. The zero-order chi connectivity index (χ0) is 13.1. The Morgan fingerprint density at radius 3 is 2.67 bits per heavy atom. The molecule has 1 heterocycles. The fourth-order valence-electron chi connectivity index (χ4n) is 1.54. The predicted molar refractivity (Wildman–Crippen MR) is 73.3 cm³/mol. The van der Waals surface area contributed by atoms with Gasteiger partial charge in [-0.05, 0) is 13.8 Å². The van der Waals surface area contributed by atoms with Gasteiger partial charge in [0.2, 0.25) is 0 Å². The zero-order valence-corrected chi connectivity index (χ0v) is 11.6. The average Bonchev–Trinajstić information content (AvgIpc) is 2.73. The molecule has 0 atom stereocenters. The third kappa shape index (κ3) is 2.71. The molecule has 1 aromatic heterocycles. The lowest BCUT2D eigenvalue weighted by Crippen LogP contribution is -2.03. The fraction of sp³-hybridized carbons (Fsp3) is 0.231. The normalized spacial score (nSPS) is 10.4. The molecule has 0 radical (unpaired) electrons. The highest BCUT2D eigenvalue weighted by Gasteiger charge is 2.19. The Morgan fingerprint density at radius 1 is 1.39 bits per heavy atom. The summed E-state index contributed by atoms with van der Waals surface area (Å²) in [6, 6.07) is 7.78. The SMILES string of the molecule is CCOC(=O)c1sc(Cl)nc1-c1ccc(C)cc1. The number of thiazole rings is 1. The van der Waals surface area contributed by atoms with Gasteiger partial charge in [0.05, 0.1) is 12.3 Å². The van der Waals surface area contributed by atoms with Crippen LogP contribution in [0.3, 0.4) is 0 Å². The minimum atomic E-state index is -0.377. The molecule has 0 amide bonds. The molecule has 0 aliphatic heterocycles. The van der Waals surface area contributed by atoms with Gasteiger partial charge in [0.25, 0.3) is 0 Å². The van der Waals surface area contributed by atoms with Gasteiger partial charge in [0, 0.05) is 5.56 Å². The molecule has 0 spiro atoms. The largest absolute Gasteiger partial charge is 0.462 e. The second-order valence-electron chi connectivity index (χ2n) is 3.73. The van der Waals surface area contributed by atoms with Crippen LogP contribution in [0.5, 0.6) is 0 Å². The van der Waals surface area contributed by atoms with E-state index in [9.17, 15) is 4.79 Å². The molecular weight excluding hydrogens is 270 g/mol. The van der Waals surface area contributed by atoms with E-state index in [4.69, 9.17) is 16.3 Å². The molecule has 0 fully saturated rings. The van der Waals surface area contributed by atoms with Gasteiger partial charge in [-0.3, -0.25) is 0 Å². The van der Waals surface area contributed by atoms with Crippen LogP contribution in [0.4, 0.5) is 0 Å². The summed E-state index contributed by atoms with van der Waals surface area (Å²) >= 11 is 7.03. The van der Waals surface area contributed by atoms with E-state index < -0.39 is 0 Å². The Labute approximate surface area is 114 Å². The second kappa shape index (κ2) is 5.50. The lowest BCUT2D eigenvalue weighted by atomic mass is 10.1. The Morgan fingerprint density at radius 2 is 2.06 bits per heavy atom. The van der Waals surface area contributed by atoms with Crippen LogP contribution >= 0.6 is 22.9 Å². The fourth-order valence-corrected chi connectivity index (χ4v) is 2.56. The van der Waals surface area contributed by atoms with Gasteiger partial charge in [0.15, 0.2) is 4.47 Å². The second-order valence-corrected chi connectivity index (χ2v) is 5.31. The first-order valence-electron chi connectivity index (χ1n) is 5.52. The monoisotopic (exact) mass is 281 g/mol. The number of aromatic nitrogens is 1. The summed E-state index contributed by atoms with van der Waals surface area (Å²) in [5.74, 6) is -0.377. The molecule has 0 N–H and O–H groups in total. The van der Waals surface area contributed by atoms with E-state index >= 15 is 0 Å². The van der Waals surface area contributed by atoms with Crippen LogP contribution in [0.15, 0.2) is 24.3 Å². The van der Waals surface area contributed by atoms with Crippen molar-refractivity contribution >= 4 is 28.9 Å². The van der Waals surface area contributed by atoms with Crippen LogP contribution in [0, 0.1) is 6.92 Å². The first-order valence-corrected chi connectivity index (χ1v) is 6.71. The quantitative estimate of drug-likeness (QED) is 0.800. The summed E-state index contributed by atoms with van der Waals surface area (Å²) in [4.78, 5) is 16.5. The number of ether oxygens (including phenoxy) is 1. The minimum Gasteiger partial charge on any atom is -0.462 e. The number of benzene rings is 1. The highest BCUT2D eigenvalue weighted by Crippen LogP contribution is 2.31. The highest BCUT2D eigenvalue weighted by atomic mass is 35.5. The minimum absolute atomic E-state index is 0.335. The van der Waals surface area contributed by atoms with Crippen molar-refractivity contribution in [2.75, 3.05) is 6.61 Å². The molecular formula is C13H12ClNO2S. The third-order valence-electron chi connectivity index (χ3n) is 2.39. The number of rotatable bonds is 3. The average molecular weight is 282 g/mol. The van der Waals surface area contributed by atoms with Crippen molar-refractivity contribution in [2.24, 2.45) is 0 Å². The molecule has 5 heteroatoms. The first-order chi connectivity index (χ1) is 8.61. The Balaban J connectivity index is 2.44. The maximum absolute atomic E-state index is 11.8. The first kappa shape index (κ1) is 13.1. The van der Waals surface area contributed by atoms with E-state index in [2.05, 4.69) is 4.98 Å². The number of esters is 1. The highest BCUT2D eigenvalue weighted by molar-refractivity contribution is 7.17. The number of carbonyl (C=O) groups excluding carboxylic acids is 1. The van der Waals surface area contributed by atoms with Crippen molar-refractivity contribution in [3.63, 3.8) is 0 Å². The summed E-state index contributed by atoms with van der Waals surface area (Å²) in [6.07, 6.45) is 0. The molecule has 0 aliphatic rings. The Kier molecular flexibility index (Phi) is 3.99. The number of nitrogens with zero attached hydrogens (tertiary/aromatic N) is 1. The van der Waals surface area contributed by atoms with Crippen LogP contribution in [-0.2, 0) is 4.74 Å². The molecule has 0 aliphatic carbocycles. The molecule has 94 valence electrons. The molecule has 0 unspecified atom stereocenters. The molecule has 18 heavy (non-hydrogen) atoms. The van der Waals surface area contributed by atoms with Crippen LogP contribution in [-0.4, -0.2) is 17.6 Å². The topological polar surface area (TPSA) is 39.2 Å². The Hall–Kier alpha value is -1.39. The number of hydrogen-bond donors (Lipinski definition) is 0. The van der Waals surface area contributed by atoms with Crippen molar-refractivity contribution in [3.8, 4) is 11.3 Å². The summed E-state index contributed by atoms with van der Waals surface area (Å²) in [7, 11) is 0. The smallest absolute Gasteiger partial charge is 0.350 e. The summed E-state index contributed by atoms with van der Waals surface area (Å²) in [5.41, 5.74) is 2.60. The molecule has 2 rings (SSSR count). The van der Waals surface area contributed by atoms with E-state index in [-0.39, 0.29) is 5.97 Å². The summed E-state index contributed by atoms with van der Waals surface area (Å²) in [6.45, 7) is 4.11. The van der Waals surface area contributed by atoms with Crippen LogP contribution in [0.2, 0.25) is 4.47 Å². The maximum atomic E-state index is 11.8. The van der Waals surface area contributed by atoms with Gasteiger partial charge in [-0.25, -0.2) is 9.78 Å². The van der Waals surface area contributed by atoms with Crippen molar-refractivity contribution in [3.05, 3.63) is 39.2 Å². The van der Waals surface area contributed by atoms with Crippen molar-refractivity contribution in [1.82, 2.24) is 4.98 Å². The lowest BCUT2D eigenvalue weighted by molar-refractivity contribution is 0.0532. The molecule has 2 aromatic rings. The number of aryl methyl sites for hydroxylation is 1. The van der Waals surface area contributed by atoms with Crippen molar-refractivity contribution < 1.29 is 9.53 Å². The van der Waals surface area contributed by atoms with Crippen molar-refractivity contribution in [2.45, 2.75) is 13.8 Å². The molecule has 0 saturated carbocycles. The molecule has 1 aromatic carbocycles. The molecule has 0 saturated heterocycles.